The van der Waals surface area contributed by atoms with Crippen molar-refractivity contribution in [2.75, 3.05) is 31.7 Å². The van der Waals surface area contributed by atoms with Crippen LogP contribution in [0.5, 0.6) is 0 Å². The molecule has 5 nitrogen and oxygen atoms in total. The lowest BCUT2D eigenvalue weighted by molar-refractivity contribution is 0.183. The number of aromatic nitrogens is 2. The summed E-state index contributed by atoms with van der Waals surface area (Å²) in [5, 5.41) is 0. The van der Waals surface area contributed by atoms with Crippen molar-refractivity contribution < 1.29 is 4.74 Å². The summed E-state index contributed by atoms with van der Waals surface area (Å²) in [4.78, 5) is 11.3. The number of halogens is 2. The molecular formula is C17H30Cl2N4O. The number of hydrogen-bond acceptors (Lipinski definition) is 5. The largest absolute Gasteiger partial charge is 0.385 e. The van der Waals surface area contributed by atoms with Crippen molar-refractivity contribution in [1.82, 2.24) is 9.97 Å². The predicted molar refractivity (Wildman–Crippen MR) is 103 cm³/mol. The monoisotopic (exact) mass is 376 g/mol. The number of anilines is 1. The van der Waals surface area contributed by atoms with Gasteiger partial charge in [-0.3, -0.25) is 0 Å². The van der Waals surface area contributed by atoms with Crippen molar-refractivity contribution in [1.29, 1.82) is 0 Å². The molecule has 3 rings (SSSR count). The van der Waals surface area contributed by atoms with E-state index in [1.54, 1.807) is 13.4 Å². The standard InChI is InChI=1S/C17H28N4O.2ClH/c1-22-8-2-3-13-4-6-21(7-5-13)17-11-16(19-12-20-17)14-9-15(18)10-14;;/h11-15H,2-10,18H2,1H3;2*1H. The van der Waals surface area contributed by atoms with Gasteiger partial charge in [0.05, 0.1) is 0 Å². The smallest absolute Gasteiger partial charge is 0.132 e. The molecule has 0 atom stereocenters. The van der Waals surface area contributed by atoms with E-state index in [0.29, 0.717) is 12.0 Å². The summed E-state index contributed by atoms with van der Waals surface area (Å²) >= 11 is 0. The van der Waals surface area contributed by atoms with Crippen LogP contribution in [0, 0.1) is 5.92 Å². The van der Waals surface area contributed by atoms with Gasteiger partial charge in [0.15, 0.2) is 0 Å². The lowest BCUT2D eigenvalue weighted by Gasteiger charge is -2.34. The number of ether oxygens (including phenoxy) is 1. The maximum atomic E-state index is 5.89. The molecule has 2 N–H and O–H groups in total. The summed E-state index contributed by atoms with van der Waals surface area (Å²) in [5.41, 5.74) is 7.06. The minimum absolute atomic E-state index is 0. The fraction of sp³-hybridized carbons (Fsp3) is 0.765. The third-order valence-corrected chi connectivity index (χ3v) is 5.17. The van der Waals surface area contributed by atoms with E-state index in [0.717, 1.165) is 44.3 Å². The second kappa shape index (κ2) is 10.4. The van der Waals surface area contributed by atoms with Gasteiger partial charge in [-0.05, 0) is 44.4 Å². The van der Waals surface area contributed by atoms with Gasteiger partial charge in [-0.15, -0.1) is 24.8 Å². The van der Waals surface area contributed by atoms with Crippen LogP contribution in [0.2, 0.25) is 0 Å². The molecule has 0 aromatic carbocycles. The molecule has 1 aromatic rings. The van der Waals surface area contributed by atoms with Crippen LogP contribution < -0.4 is 10.6 Å². The molecule has 0 radical (unpaired) electrons. The highest BCUT2D eigenvalue weighted by atomic mass is 35.5. The van der Waals surface area contributed by atoms with Gasteiger partial charge in [-0.2, -0.15) is 0 Å². The summed E-state index contributed by atoms with van der Waals surface area (Å²) < 4.78 is 5.15. The van der Waals surface area contributed by atoms with E-state index in [-0.39, 0.29) is 24.8 Å². The zero-order chi connectivity index (χ0) is 15.4. The van der Waals surface area contributed by atoms with Crippen LogP contribution in [0.4, 0.5) is 5.82 Å². The van der Waals surface area contributed by atoms with E-state index < -0.39 is 0 Å². The van der Waals surface area contributed by atoms with E-state index in [1.165, 1.54) is 31.4 Å². The van der Waals surface area contributed by atoms with Crippen LogP contribution in [0.15, 0.2) is 12.4 Å². The zero-order valence-corrected chi connectivity index (χ0v) is 16.0. The van der Waals surface area contributed by atoms with Crippen LogP contribution in [0.1, 0.15) is 50.1 Å². The van der Waals surface area contributed by atoms with Crippen molar-refractivity contribution in [3.8, 4) is 0 Å². The highest BCUT2D eigenvalue weighted by molar-refractivity contribution is 5.85. The molecular weight excluding hydrogens is 347 g/mol. The molecule has 0 spiro atoms. The fourth-order valence-corrected chi connectivity index (χ4v) is 3.63. The van der Waals surface area contributed by atoms with Gasteiger partial charge in [0.25, 0.3) is 0 Å². The molecule has 2 fully saturated rings. The summed E-state index contributed by atoms with van der Waals surface area (Å²) in [6.45, 7) is 3.11. The first-order chi connectivity index (χ1) is 10.8. The number of hydrogen-bond donors (Lipinski definition) is 1. The van der Waals surface area contributed by atoms with E-state index in [9.17, 15) is 0 Å². The maximum Gasteiger partial charge on any atom is 0.132 e. The average Bonchev–Trinajstić information content (AvgIpc) is 2.53. The summed E-state index contributed by atoms with van der Waals surface area (Å²) in [6.07, 6.45) is 8.85. The number of rotatable bonds is 6. The third kappa shape index (κ3) is 5.45. The Bertz CT molecular complexity index is 477. The van der Waals surface area contributed by atoms with Crippen LogP contribution >= 0.6 is 24.8 Å². The van der Waals surface area contributed by atoms with Crippen LogP contribution in [-0.2, 0) is 4.74 Å². The first-order valence-electron chi connectivity index (χ1n) is 8.57. The first kappa shape index (κ1) is 21.4. The Morgan fingerprint density at radius 2 is 1.92 bits per heavy atom. The number of nitrogens with two attached hydrogens (primary N) is 1. The Morgan fingerprint density at radius 1 is 1.21 bits per heavy atom. The Kier molecular flexibility index (Phi) is 9.27. The van der Waals surface area contributed by atoms with Gasteiger partial charge < -0.3 is 15.4 Å². The normalized spacial score (nSPS) is 23.8. The van der Waals surface area contributed by atoms with Crippen LogP contribution in [-0.4, -0.2) is 42.8 Å². The van der Waals surface area contributed by atoms with Crippen LogP contribution in [0.25, 0.3) is 0 Å². The second-order valence-electron chi connectivity index (χ2n) is 6.79. The Labute approximate surface area is 157 Å². The lowest BCUT2D eigenvalue weighted by Crippen LogP contribution is -2.36. The molecule has 1 aromatic heterocycles. The number of nitrogens with zero attached hydrogens (tertiary/aromatic N) is 3. The van der Waals surface area contributed by atoms with Gasteiger partial charge in [-0.1, -0.05) is 0 Å². The molecule has 2 aliphatic rings. The van der Waals surface area contributed by atoms with Gasteiger partial charge in [0.2, 0.25) is 0 Å². The molecule has 1 aliphatic carbocycles. The fourth-order valence-electron chi connectivity index (χ4n) is 3.63. The molecule has 1 saturated carbocycles. The van der Waals surface area contributed by atoms with Crippen molar-refractivity contribution in [3.63, 3.8) is 0 Å². The number of methoxy groups -OCH3 is 1. The summed E-state index contributed by atoms with van der Waals surface area (Å²) in [5.74, 6) is 2.49. The Balaban J connectivity index is 0.00000144. The minimum Gasteiger partial charge on any atom is -0.385 e. The van der Waals surface area contributed by atoms with Crippen LogP contribution in [0.3, 0.4) is 0 Å². The first-order valence-corrected chi connectivity index (χ1v) is 8.57. The lowest BCUT2D eigenvalue weighted by atomic mass is 9.78. The molecule has 1 aliphatic heterocycles. The molecule has 0 bridgehead atoms. The van der Waals surface area contributed by atoms with Crippen molar-refractivity contribution in [2.24, 2.45) is 11.7 Å². The molecule has 24 heavy (non-hydrogen) atoms. The topological polar surface area (TPSA) is 64.3 Å². The molecule has 7 heteroatoms. The molecule has 138 valence electrons. The highest BCUT2D eigenvalue weighted by Crippen LogP contribution is 2.35. The van der Waals surface area contributed by atoms with E-state index >= 15 is 0 Å². The van der Waals surface area contributed by atoms with E-state index in [4.69, 9.17) is 10.5 Å². The minimum atomic E-state index is 0. The molecule has 0 amide bonds. The van der Waals surface area contributed by atoms with Crippen molar-refractivity contribution >= 4 is 30.6 Å². The van der Waals surface area contributed by atoms with Gasteiger partial charge in [-0.25, -0.2) is 9.97 Å². The molecule has 0 unspecified atom stereocenters. The maximum absolute atomic E-state index is 5.89. The van der Waals surface area contributed by atoms with Gasteiger partial charge in [0, 0.05) is 50.5 Å². The Hall–Kier alpha value is -0.620. The second-order valence-corrected chi connectivity index (χ2v) is 6.79. The van der Waals surface area contributed by atoms with Crippen molar-refractivity contribution in [3.05, 3.63) is 18.1 Å². The third-order valence-electron chi connectivity index (χ3n) is 5.17. The Morgan fingerprint density at radius 3 is 2.54 bits per heavy atom. The van der Waals surface area contributed by atoms with Crippen molar-refractivity contribution in [2.45, 2.75) is 50.5 Å². The van der Waals surface area contributed by atoms with E-state index in [2.05, 4.69) is 20.9 Å². The molecule has 2 heterocycles. The summed E-state index contributed by atoms with van der Waals surface area (Å²) in [6, 6.07) is 2.55. The highest BCUT2D eigenvalue weighted by Gasteiger charge is 2.29. The average molecular weight is 377 g/mol. The summed E-state index contributed by atoms with van der Waals surface area (Å²) in [7, 11) is 1.78. The zero-order valence-electron chi connectivity index (χ0n) is 14.4. The van der Waals surface area contributed by atoms with Gasteiger partial charge in [0.1, 0.15) is 12.1 Å². The van der Waals surface area contributed by atoms with E-state index in [1.807, 2.05) is 0 Å². The van der Waals surface area contributed by atoms with Gasteiger partial charge >= 0.3 is 0 Å². The molecule has 1 saturated heterocycles. The SMILES string of the molecule is COCCCC1CCN(c2cc(C3CC(N)C3)ncn2)CC1.Cl.Cl. The predicted octanol–water partition coefficient (Wildman–Crippen LogP) is 3.17. The quantitative estimate of drug-likeness (QED) is 0.772. The number of piperidine rings is 1.